The Morgan fingerprint density at radius 1 is 1.21 bits per heavy atom. The summed E-state index contributed by atoms with van der Waals surface area (Å²) in [6.45, 7) is 4.72. The molecule has 1 aromatic rings. The lowest BCUT2D eigenvalue weighted by atomic mass is 9.73. The maximum atomic E-state index is 6.46. The molecule has 1 aliphatic carbocycles. The van der Waals surface area contributed by atoms with E-state index >= 15 is 0 Å². The first-order valence-electron chi connectivity index (χ1n) is 7.47. The molecule has 0 bridgehead atoms. The lowest BCUT2D eigenvalue weighted by Crippen LogP contribution is -2.37. The number of ether oxygens (including phenoxy) is 1. The van der Waals surface area contributed by atoms with Gasteiger partial charge in [0.25, 0.3) is 0 Å². The van der Waals surface area contributed by atoms with Gasteiger partial charge in [0.05, 0.1) is 7.11 Å². The average Bonchev–Trinajstić information content (AvgIpc) is 2.37. The summed E-state index contributed by atoms with van der Waals surface area (Å²) in [5, 5.41) is 0. The molecule has 0 saturated heterocycles. The van der Waals surface area contributed by atoms with E-state index in [0.29, 0.717) is 5.92 Å². The zero-order valence-corrected chi connectivity index (χ0v) is 12.4. The van der Waals surface area contributed by atoms with Crippen molar-refractivity contribution in [2.75, 3.05) is 7.11 Å². The monoisotopic (exact) mass is 261 g/mol. The van der Waals surface area contributed by atoms with Crippen LogP contribution in [0.25, 0.3) is 0 Å². The maximum Gasteiger partial charge on any atom is 0.119 e. The minimum Gasteiger partial charge on any atom is -0.497 e. The Balaban J connectivity index is 1.97. The maximum absolute atomic E-state index is 6.46. The largest absolute Gasteiger partial charge is 0.497 e. The Labute approximate surface area is 117 Å². The molecule has 2 nitrogen and oxygen atoms in total. The predicted molar refractivity (Wildman–Crippen MR) is 80.3 cm³/mol. The summed E-state index contributed by atoms with van der Waals surface area (Å²) in [5.41, 5.74) is 7.75. The molecule has 0 aromatic heterocycles. The van der Waals surface area contributed by atoms with Crippen molar-refractivity contribution < 1.29 is 4.74 Å². The third-order valence-corrected chi connectivity index (χ3v) is 4.43. The second-order valence-corrected chi connectivity index (χ2v) is 6.40. The summed E-state index contributed by atoms with van der Waals surface area (Å²) >= 11 is 0. The Morgan fingerprint density at radius 2 is 1.89 bits per heavy atom. The normalized spacial score (nSPS) is 28.9. The number of rotatable bonds is 4. The van der Waals surface area contributed by atoms with Crippen molar-refractivity contribution in [2.24, 2.45) is 23.5 Å². The Hall–Kier alpha value is -1.02. The highest BCUT2D eigenvalue weighted by atomic mass is 16.5. The Morgan fingerprint density at radius 3 is 2.53 bits per heavy atom. The molecule has 0 radical (unpaired) electrons. The summed E-state index contributed by atoms with van der Waals surface area (Å²) in [4.78, 5) is 0. The van der Waals surface area contributed by atoms with Crippen LogP contribution in [0.2, 0.25) is 0 Å². The number of benzene rings is 1. The van der Waals surface area contributed by atoms with Gasteiger partial charge in [-0.1, -0.05) is 26.0 Å². The first-order valence-corrected chi connectivity index (χ1v) is 7.47. The molecule has 3 atom stereocenters. The quantitative estimate of drug-likeness (QED) is 0.898. The molecule has 0 spiro atoms. The van der Waals surface area contributed by atoms with Crippen LogP contribution >= 0.6 is 0 Å². The van der Waals surface area contributed by atoms with Gasteiger partial charge in [0.2, 0.25) is 0 Å². The van der Waals surface area contributed by atoms with E-state index in [1.807, 2.05) is 12.1 Å². The van der Waals surface area contributed by atoms with Gasteiger partial charge in [-0.05, 0) is 61.1 Å². The zero-order chi connectivity index (χ0) is 13.8. The van der Waals surface area contributed by atoms with Crippen LogP contribution in [0.5, 0.6) is 5.75 Å². The molecule has 2 heteroatoms. The molecule has 2 N–H and O–H groups in total. The van der Waals surface area contributed by atoms with Crippen LogP contribution in [-0.4, -0.2) is 13.2 Å². The van der Waals surface area contributed by atoms with Crippen molar-refractivity contribution >= 4 is 0 Å². The van der Waals surface area contributed by atoms with E-state index in [4.69, 9.17) is 10.5 Å². The van der Waals surface area contributed by atoms with Crippen molar-refractivity contribution in [2.45, 2.75) is 45.6 Å². The topological polar surface area (TPSA) is 35.2 Å². The number of nitrogens with two attached hydrogens (primary N) is 1. The Kier molecular flexibility index (Phi) is 4.87. The van der Waals surface area contributed by atoms with Gasteiger partial charge < -0.3 is 10.5 Å². The van der Waals surface area contributed by atoms with Gasteiger partial charge in [0.1, 0.15) is 5.75 Å². The molecule has 3 unspecified atom stereocenters. The molecule has 0 amide bonds. The van der Waals surface area contributed by atoms with Crippen LogP contribution in [-0.2, 0) is 6.42 Å². The van der Waals surface area contributed by atoms with E-state index in [1.165, 1.54) is 24.8 Å². The smallest absolute Gasteiger partial charge is 0.119 e. The van der Waals surface area contributed by atoms with Crippen molar-refractivity contribution in [1.29, 1.82) is 0 Å². The van der Waals surface area contributed by atoms with E-state index in [9.17, 15) is 0 Å². The van der Waals surface area contributed by atoms with Crippen LogP contribution in [0.3, 0.4) is 0 Å². The summed E-state index contributed by atoms with van der Waals surface area (Å²) in [6.07, 6.45) is 4.90. The molecule has 1 aliphatic rings. The summed E-state index contributed by atoms with van der Waals surface area (Å²) in [6, 6.07) is 8.57. The van der Waals surface area contributed by atoms with Gasteiger partial charge in [-0.15, -0.1) is 0 Å². The van der Waals surface area contributed by atoms with Crippen molar-refractivity contribution in [3.63, 3.8) is 0 Å². The van der Waals surface area contributed by atoms with Crippen LogP contribution in [0.4, 0.5) is 0 Å². The highest BCUT2D eigenvalue weighted by Crippen LogP contribution is 2.35. The van der Waals surface area contributed by atoms with Gasteiger partial charge in [-0.25, -0.2) is 0 Å². The van der Waals surface area contributed by atoms with E-state index in [2.05, 4.69) is 26.0 Å². The molecule has 2 rings (SSSR count). The SMILES string of the molecule is COc1cccc(CC(N)C2CC(C)CC(C)C2)c1. The van der Waals surface area contributed by atoms with Crippen LogP contribution in [0.15, 0.2) is 24.3 Å². The van der Waals surface area contributed by atoms with Gasteiger partial charge >= 0.3 is 0 Å². The van der Waals surface area contributed by atoms with Crippen LogP contribution in [0.1, 0.15) is 38.7 Å². The number of methoxy groups -OCH3 is 1. The van der Waals surface area contributed by atoms with Gasteiger partial charge in [-0.3, -0.25) is 0 Å². The van der Waals surface area contributed by atoms with E-state index in [0.717, 1.165) is 24.0 Å². The minimum atomic E-state index is 0.275. The number of hydrogen-bond acceptors (Lipinski definition) is 2. The van der Waals surface area contributed by atoms with Gasteiger partial charge in [0, 0.05) is 6.04 Å². The summed E-state index contributed by atoms with van der Waals surface area (Å²) in [5.74, 6) is 3.25. The second-order valence-electron chi connectivity index (χ2n) is 6.40. The van der Waals surface area contributed by atoms with Crippen molar-refractivity contribution in [3.05, 3.63) is 29.8 Å². The molecule has 0 aliphatic heterocycles. The average molecular weight is 261 g/mol. The number of hydrogen-bond donors (Lipinski definition) is 1. The molecular weight excluding hydrogens is 234 g/mol. The molecule has 106 valence electrons. The van der Waals surface area contributed by atoms with E-state index in [1.54, 1.807) is 7.11 Å². The zero-order valence-electron chi connectivity index (χ0n) is 12.4. The standard InChI is InChI=1S/C17H27NO/c1-12-7-13(2)9-15(8-12)17(18)11-14-5-4-6-16(10-14)19-3/h4-6,10,12-13,15,17H,7-9,11,18H2,1-3H3. The van der Waals surface area contributed by atoms with Crippen molar-refractivity contribution in [1.82, 2.24) is 0 Å². The lowest BCUT2D eigenvalue weighted by molar-refractivity contribution is 0.192. The highest BCUT2D eigenvalue weighted by Gasteiger charge is 2.28. The van der Waals surface area contributed by atoms with E-state index in [-0.39, 0.29) is 6.04 Å². The predicted octanol–water partition coefficient (Wildman–Crippen LogP) is 3.64. The summed E-state index contributed by atoms with van der Waals surface area (Å²) < 4.78 is 5.28. The molecule has 1 aromatic carbocycles. The molecular formula is C17H27NO. The van der Waals surface area contributed by atoms with Gasteiger partial charge in [0.15, 0.2) is 0 Å². The van der Waals surface area contributed by atoms with E-state index < -0.39 is 0 Å². The first kappa shape index (κ1) is 14.4. The first-order chi connectivity index (χ1) is 9.08. The third-order valence-electron chi connectivity index (χ3n) is 4.43. The summed E-state index contributed by atoms with van der Waals surface area (Å²) in [7, 11) is 1.71. The fourth-order valence-corrected chi connectivity index (χ4v) is 3.60. The van der Waals surface area contributed by atoms with Crippen molar-refractivity contribution in [3.8, 4) is 5.75 Å². The van der Waals surface area contributed by atoms with Gasteiger partial charge in [-0.2, -0.15) is 0 Å². The fourth-order valence-electron chi connectivity index (χ4n) is 3.60. The van der Waals surface area contributed by atoms with Crippen LogP contribution < -0.4 is 10.5 Å². The minimum absolute atomic E-state index is 0.275. The second kappa shape index (κ2) is 6.42. The molecule has 1 saturated carbocycles. The highest BCUT2D eigenvalue weighted by molar-refractivity contribution is 5.29. The lowest BCUT2D eigenvalue weighted by Gasteiger charge is -2.35. The molecule has 0 heterocycles. The Bertz CT molecular complexity index is 394. The third kappa shape index (κ3) is 3.97. The fraction of sp³-hybridized carbons (Fsp3) is 0.647. The van der Waals surface area contributed by atoms with Crippen LogP contribution in [0, 0.1) is 17.8 Å². The molecule has 1 fully saturated rings. The molecule has 19 heavy (non-hydrogen) atoms.